The van der Waals surface area contributed by atoms with Gasteiger partial charge in [0.25, 0.3) is 10.1 Å². The van der Waals surface area contributed by atoms with Gasteiger partial charge in [0, 0.05) is 0 Å². The Labute approximate surface area is 107 Å². The van der Waals surface area contributed by atoms with Gasteiger partial charge in [-0.1, -0.05) is 64.7 Å². The Bertz CT molecular complexity index is 240. The quantitative estimate of drug-likeness (QED) is 0.438. The third-order valence-corrected chi connectivity index (χ3v) is 3.56. The molecule has 0 radical (unpaired) electrons. The van der Waals surface area contributed by atoms with Crippen molar-refractivity contribution in [1.82, 2.24) is 6.15 Å². The second-order valence-electron chi connectivity index (χ2n) is 4.47. The minimum atomic E-state index is -3.73. The molecule has 0 aromatic heterocycles. The SMILES string of the molecule is CCCCCCCCCCCCS(=O)(=O)O.N. The van der Waals surface area contributed by atoms with E-state index in [0.29, 0.717) is 6.42 Å². The van der Waals surface area contributed by atoms with E-state index in [1.165, 1.54) is 44.9 Å². The van der Waals surface area contributed by atoms with Gasteiger partial charge in [0.05, 0.1) is 5.75 Å². The van der Waals surface area contributed by atoms with Gasteiger partial charge in [0.2, 0.25) is 0 Å². The zero-order valence-corrected chi connectivity index (χ0v) is 12.0. The van der Waals surface area contributed by atoms with Crippen LogP contribution in [0.15, 0.2) is 0 Å². The minimum absolute atomic E-state index is 0. The maximum Gasteiger partial charge on any atom is 0.264 e. The molecule has 17 heavy (non-hydrogen) atoms. The summed E-state index contributed by atoms with van der Waals surface area (Å²) in [4.78, 5) is 0. The second-order valence-corrected chi connectivity index (χ2v) is 6.04. The van der Waals surface area contributed by atoms with Crippen LogP contribution in [0.2, 0.25) is 0 Å². The van der Waals surface area contributed by atoms with E-state index in [1.54, 1.807) is 0 Å². The average Bonchev–Trinajstić information content (AvgIpc) is 2.19. The van der Waals surface area contributed by atoms with E-state index in [-0.39, 0.29) is 11.9 Å². The molecule has 4 nitrogen and oxygen atoms in total. The van der Waals surface area contributed by atoms with Gasteiger partial charge >= 0.3 is 0 Å². The van der Waals surface area contributed by atoms with Crippen LogP contribution < -0.4 is 6.15 Å². The minimum Gasteiger partial charge on any atom is -0.344 e. The molecular weight excluding hydrogens is 238 g/mol. The lowest BCUT2D eigenvalue weighted by molar-refractivity contribution is 0.478. The molecule has 0 rings (SSSR count). The molecule has 0 aliphatic heterocycles. The summed E-state index contributed by atoms with van der Waals surface area (Å²) in [5.74, 6) is -0.0799. The predicted molar refractivity (Wildman–Crippen MR) is 73.3 cm³/mol. The van der Waals surface area contributed by atoms with Crippen LogP contribution >= 0.6 is 0 Å². The summed E-state index contributed by atoms with van der Waals surface area (Å²) in [5.41, 5.74) is 0. The van der Waals surface area contributed by atoms with E-state index < -0.39 is 10.1 Å². The van der Waals surface area contributed by atoms with E-state index in [9.17, 15) is 8.42 Å². The lowest BCUT2D eigenvalue weighted by Gasteiger charge is -2.01. The average molecular weight is 267 g/mol. The van der Waals surface area contributed by atoms with Crippen molar-refractivity contribution in [2.45, 2.75) is 71.1 Å². The molecule has 0 atom stereocenters. The van der Waals surface area contributed by atoms with Gasteiger partial charge in [-0.15, -0.1) is 0 Å². The van der Waals surface area contributed by atoms with E-state index in [4.69, 9.17) is 4.55 Å². The van der Waals surface area contributed by atoms with Crippen LogP contribution in [-0.4, -0.2) is 18.7 Å². The molecule has 0 aromatic rings. The molecule has 5 heteroatoms. The van der Waals surface area contributed by atoms with Gasteiger partial charge in [-0.2, -0.15) is 8.42 Å². The Morgan fingerprint density at radius 3 is 1.47 bits per heavy atom. The first-order valence-electron chi connectivity index (χ1n) is 6.51. The van der Waals surface area contributed by atoms with Gasteiger partial charge in [-0.05, 0) is 6.42 Å². The fourth-order valence-electron chi connectivity index (χ4n) is 1.77. The Hall–Kier alpha value is -0.130. The fraction of sp³-hybridized carbons (Fsp3) is 1.00. The Morgan fingerprint density at radius 1 is 0.765 bits per heavy atom. The van der Waals surface area contributed by atoms with Crippen LogP contribution in [0, 0.1) is 0 Å². The second kappa shape index (κ2) is 12.3. The monoisotopic (exact) mass is 267 g/mol. The smallest absolute Gasteiger partial charge is 0.264 e. The molecule has 0 saturated heterocycles. The first-order valence-corrected chi connectivity index (χ1v) is 8.12. The van der Waals surface area contributed by atoms with E-state index in [2.05, 4.69) is 6.92 Å². The largest absolute Gasteiger partial charge is 0.344 e. The Balaban J connectivity index is 0. The first-order chi connectivity index (χ1) is 7.56. The lowest BCUT2D eigenvalue weighted by atomic mass is 10.1. The molecule has 0 aromatic carbocycles. The molecule has 0 fully saturated rings. The number of rotatable bonds is 11. The molecule has 0 aliphatic rings. The highest BCUT2D eigenvalue weighted by molar-refractivity contribution is 7.85. The summed E-state index contributed by atoms with van der Waals surface area (Å²) in [6.07, 6.45) is 11.7. The predicted octanol–water partition coefficient (Wildman–Crippen LogP) is 3.96. The molecule has 0 spiro atoms. The molecule has 0 amide bonds. The van der Waals surface area contributed by atoms with Crippen LogP contribution in [0.25, 0.3) is 0 Å². The lowest BCUT2D eigenvalue weighted by Crippen LogP contribution is -2.03. The van der Waals surface area contributed by atoms with Crippen LogP contribution in [0.5, 0.6) is 0 Å². The zero-order valence-electron chi connectivity index (χ0n) is 11.2. The fourth-order valence-corrected chi connectivity index (χ4v) is 2.34. The van der Waals surface area contributed by atoms with E-state index in [0.717, 1.165) is 12.8 Å². The molecular formula is C12H29NO3S. The van der Waals surface area contributed by atoms with Crippen molar-refractivity contribution in [3.8, 4) is 0 Å². The van der Waals surface area contributed by atoms with Crippen LogP contribution in [0.1, 0.15) is 71.1 Å². The summed E-state index contributed by atoms with van der Waals surface area (Å²) in [6, 6.07) is 0. The Morgan fingerprint density at radius 2 is 1.12 bits per heavy atom. The van der Waals surface area contributed by atoms with Crippen molar-refractivity contribution >= 4 is 10.1 Å². The summed E-state index contributed by atoms with van der Waals surface area (Å²) in [6.45, 7) is 2.22. The van der Waals surface area contributed by atoms with Crippen molar-refractivity contribution in [3.63, 3.8) is 0 Å². The molecule has 0 aliphatic carbocycles. The highest BCUT2D eigenvalue weighted by atomic mass is 32.2. The number of unbranched alkanes of at least 4 members (excludes halogenated alkanes) is 9. The van der Waals surface area contributed by atoms with E-state index in [1.807, 2.05) is 0 Å². The van der Waals surface area contributed by atoms with Crippen LogP contribution in [0.4, 0.5) is 0 Å². The van der Waals surface area contributed by atoms with E-state index >= 15 is 0 Å². The zero-order chi connectivity index (χ0) is 12.3. The maximum absolute atomic E-state index is 10.4. The van der Waals surface area contributed by atoms with Gasteiger partial charge in [0.15, 0.2) is 0 Å². The molecule has 0 bridgehead atoms. The van der Waals surface area contributed by atoms with Crippen LogP contribution in [-0.2, 0) is 10.1 Å². The molecule has 0 heterocycles. The number of hydrogen-bond donors (Lipinski definition) is 2. The van der Waals surface area contributed by atoms with Gasteiger partial charge in [-0.3, -0.25) is 4.55 Å². The molecule has 106 valence electrons. The van der Waals surface area contributed by atoms with Gasteiger partial charge < -0.3 is 6.15 Å². The third kappa shape index (κ3) is 18.4. The normalized spacial score (nSPS) is 11.2. The maximum atomic E-state index is 10.4. The molecule has 0 unspecified atom stereocenters. The summed E-state index contributed by atoms with van der Waals surface area (Å²) in [7, 11) is -3.73. The van der Waals surface area contributed by atoms with Crippen molar-refractivity contribution in [1.29, 1.82) is 0 Å². The summed E-state index contributed by atoms with van der Waals surface area (Å²) < 4.78 is 29.4. The van der Waals surface area contributed by atoms with Gasteiger partial charge in [-0.25, -0.2) is 0 Å². The third-order valence-electron chi connectivity index (χ3n) is 2.76. The summed E-state index contributed by atoms with van der Waals surface area (Å²) >= 11 is 0. The highest BCUT2D eigenvalue weighted by Crippen LogP contribution is 2.10. The summed E-state index contributed by atoms with van der Waals surface area (Å²) in [5, 5.41) is 0. The first kappa shape index (κ1) is 19.2. The topological polar surface area (TPSA) is 89.4 Å². The van der Waals surface area contributed by atoms with Crippen molar-refractivity contribution in [2.24, 2.45) is 0 Å². The standard InChI is InChI=1S/C12H26O3S.H3N/c1-2-3-4-5-6-7-8-9-10-11-12-16(13,14)15;/h2-12H2,1H3,(H,13,14,15);1H3. The highest BCUT2D eigenvalue weighted by Gasteiger charge is 2.02. The van der Waals surface area contributed by atoms with Crippen molar-refractivity contribution in [3.05, 3.63) is 0 Å². The Kier molecular flexibility index (Phi) is 13.9. The van der Waals surface area contributed by atoms with Crippen LogP contribution in [0.3, 0.4) is 0 Å². The van der Waals surface area contributed by atoms with Gasteiger partial charge in [0.1, 0.15) is 0 Å². The molecule has 0 saturated carbocycles. The van der Waals surface area contributed by atoms with Crippen molar-refractivity contribution in [2.75, 3.05) is 5.75 Å². The number of hydrogen-bond acceptors (Lipinski definition) is 3. The van der Waals surface area contributed by atoms with Crippen molar-refractivity contribution < 1.29 is 13.0 Å². The molecule has 4 N–H and O–H groups in total.